The largest absolute Gasteiger partial charge is 0.278 e. The minimum Gasteiger partial charge on any atom is -0.278 e. The van der Waals surface area contributed by atoms with Gasteiger partial charge in [0.25, 0.3) is 0 Å². The highest BCUT2D eigenvalue weighted by Crippen LogP contribution is 2.55. The van der Waals surface area contributed by atoms with Crippen molar-refractivity contribution < 1.29 is 0 Å². The Hall–Kier alpha value is -5.09. The van der Waals surface area contributed by atoms with E-state index in [1.807, 2.05) is 19.3 Å². The summed E-state index contributed by atoms with van der Waals surface area (Å²) >= 11 is 0. The van der Waals surface area contributed by atoms with Crippen LogP contribution in [0.4, 0.5) is 0 Å². The van der Waals surface area contributed by atoms with Gasteiger partial charge in [0.05, 0.1) is 22.2 Å². The smallest absolute Gasteiger partial charge is 0.235 e. The second-order valence-electron chi connectivity index (χ2n) is 11.6. The number of benzene rings is 4. The molecule has 8 rings (SSSR count). The van der Waals surface area contributed by atoms with Gasteiger partial charge in [-0.3, -0.25) is 9.55 Å². The predicted octanol–water partition coefficient (Wildman–Crippen LogP) is 9.56. The Kier molecular flexibility index (Phi) is 5.26. The van der Waals surface area contributed by atoms with Crippen LogP contribution in [0.2, 0.25) is 0 Å². The zero-order chi connectivity index (χ0) is 28.6. The van der Waals surface area contributed by atoms with E-state index in [1.54, 1.807) is 0 Å². The Bertz CT molecular complexity index is 2300. The van der Waals surface area contributed by atoms with E-state index in [0.29, 0.717) is 5.95 Å². The van der Waals surface area contributed by atoms with Gasteiger partial charge < -0.3 is 0 Å². The molecule has 1 aliphatic carbocycles. The summed E-state index contributed by atoms with van der Waals surface area (Å²) in [7, 11) is 0. The fourth-order valence-corrected chi connectivity index (χ4v) is 7.14. The zero-order valence-electron chi connectivity index (χ0n) is 24.2. The normalized spacial score (nSPS) is 14.4. The van der Waals surface area contributed by atoms with Gasteiger partial charge in [0, 0.05) is 34.0 Å². The molecule has 1 aliphatic rings. The van der Waals surface area contributed by atoms with Crippen LogP contribution in [-0.4, -0.2) is 19.5 Å². The van der Waals surface area contributed by atoms with E-state index in [4.69, 9.17) is 9.97 Å². The molecule has 202 valence electrons. The van der Waals surface area contributed by atoms with Crippen LogP contribution in [0.3, 0.4) is 0 Å². The number of aromatic nitrogens is 4. The molecule has 0 saturated heterocycles. The van der Waals surface area contributed by atoms with E-state index >= 15 is 0 Å². The van der Waals surface area contributed by atoms with E-state index in [0.717, 1.165) is 27.7 Å². The van der Waals surface area contributed by atoms with Gasteiger partial charge in [-0.25, -0.2) is 9.97 Å². The molecule has 0 radical (unpaired) electrons. The van der Waals surface area contributed by atoms with Gasteiger partial charge in [0.2, 0.25) is 5.95 Å². The van der Waals surface area contributed by atoms with Gasteiger partial charge in [-0.1, -0.05) is 92.7 Å². The van der Waals surface area contributed by atoms with Crippen molar-refractivity contribution in [3.05, 3.63) is 126 Å². The monoisotopic (exact) mass is 542 g/mol. The Morgan fingerprint density at radius 2 is 1.50 bits per heavy atom. The first kappa shape index (κ1) is 24.7. The van der Waals surface area contributed by atoms with Crippen molar-refractivity contribution in [2.45, 2.75) is 33.1 Å². The third-order valence-corrected chi connectivity index (χ3v) is 8.94. The van der Waals surface area contributed by atoms with Gasteiger partial charge in [0.15, 0.2) is 0 Å². The summed E-state index contributed by atoms with van der Waals surface area (Å²) in [5, 5.41) is 6.00. The lowest BCUT2D eigenvalue weighted by atomic mass is 9.81. The number of fused-ring (bicyclic) bond motifs is 11. The zero-order valence-corrected chi connectivity index (χ0v) is 24.2. The summed E-state index contributed by atoms with van der Waals surface area (Å²) in [6.45, 7) is 8.77. The van der Waals surface area contributed by atoms with Crippen molar-refractivity contribution in [2.24, 2.45) is 0 Å². The molecule has 4 aromatic carbocycles. The van der Waals surface area contributed by atoms with Crippen LogP contribution < -0.4 is 0 Å². The van der Waals surface area contributed by atoms with Crippen molar-refractivity contribution >= 4 is 49.1 Å². The third-order valence-electron chi connectivity index (χ3n) is 8.94. The van der Waals surface area contributed by atoms with Crippen molar-refractivity contribution in [1.82, 2.24) is 19.5 Å². The highest BCUT2D eigenvalue weighted by molar-refractivity contribution is 6.26. The average molecular weight is 543 g/mol. The Morgan fingerprint density at radius 1 is 0.786 bits per heavy atom. The predicted molar refractivity (Wildman–Crippen MR) is 175 cm³/mol. The standard InChI is InChI=1S/C38H30N4/c1-5-13-23(6-2)35-27-16-9-11-18-30(27)40-37(41-35)42-31-19-12-10-17-28(31)33-25-15-8-7-14-24(25)32-26-20-21-39-22-29(26)38(3,4)34(32)36(33)42/h5-22H,1-4H3/b13-5-,23-6+. The molecule has 0 fully saturated rings. The lowest BCUT2D eigenvalue weighted by Gasteiger charge is -2.24. The Balaban J connectivity index is 1.63. The maximum atomic E-state index is 5.36. The Labute approximate surface area is 244 Å². The fourth-order valence-electron chi connectivity index (χ4n) is 7.14. The molecular weight excluding hydrogens is 512 g/mol. The van der Waals surface area contributed by atoms with Crippen molar-refractivity contribution in [1.29, 1.82) is 0 Å². The van der Waals surface area contributed by atoms with Gasteiger partial charge in [-0.15, -0.1) is 0 Å². The summed E-state index contributed by atoms with van der Waals surface area (Å²) in [6.07, 6.45) is 10.3. The molecule has 0 unspecified atom stereocenters. The van der Waals surface area contributed by atoms with Gasteiger partial charge in [0.1, 0.15) is 0 Å². The number of allylic oxidation sites excluding steroid dienone is 4. The minimum absolute atomic E-state index is 0.271. The lowest BCUT2D eigenvalue weighted by molar-refractivity contribution is 0.660. The van der Waals surface area contributed by atoms with E-state index in [2.05, 4.69) is 127 Å². The van der Waals surface area contributed by atoms with Crippen LogP contribution in [0.1, 0.15) is 44.5 Å². The first-order chi connectivity index (χ1) is 20.5. The summed E-state index contributed by atoms with van der Waals surface area (Å²) < 4.78 is 2.32. The van der Waals surface area contributed by atoms with Gasteiger partial charge in [-0.05, 0) is 70.6 Å². The van der Waals surface area contributed by atoms with E-state index in [9.17, 15) is 0 Å². The van der Waals surface area contributed by atoms with E-state index < -0.39 is 0 Å². The quantitative estimate of drug-likeness (QED) is 0.209. The first-order valence-electron chi connectivity index (χ1n) is 14.5. The molecule has 42 heavy (non-hydrogen) atoms. The summed E-state index contributed by atoms with van der Waals surface area (Å²) in [5.41, 5.74) is 10.0. The molecule has 0 N–H and O–H groups in total. The molecule has 3 heterocycles. The number of para-hydroxylation sites is 2. The molecule has 7 aromatic rings. The molecule has 0 amide bonds. The average Bonchev–Trinajstić information content (AvgIpc) is 3.49. The Morgan fingerprint density at radius 3 is 2.29 bits per heavy atom. The molecular formula is C38H30N4. The van der Waals surface area contributed by atoms with Crippen LogP contribution in [0.15, 0.2) is 109 Å². The lowest BCUT2D eigenvalue weighted by Crippen LogP contribution is -2.17. The summed E-state index contributed by atoms with van der Waals surface area (Å²) in [4.78, 5) is 15.2. The molecule has 0 atom stereocenters. The van der Waals surface area contributed by atoms with Gasteiger partial charge >= 0.3 is 0 Å². The highest BCUT2D eigenvalue weighted by Gasteiger charge is 2.40. The molecule has 4 heteroatoms. The first-order valence-corrected chi connectivity index (χ1v) is 14.5. The number of hydrogen-bond donors (Lipinski definition) is 0. The molecule has 0 aliphatic heterocycles. The molecule has 0 bridgehead atoms. The maximum Gasteiger partial charge on any atom is 0.235 e. The molecule has 0 spiro atoms. The summed E-state index contributed by atoms with van der Waals surface area (Å²) in [6, 6.07) is 28.0. The second kappa shape index (κ2) is 8.95. The second-order valence-corrected chi connectivity index (χ2v) is 11.6. The van der Waals surface area contributed by atoms with Gasteiger partial charge in [-0.2, -0.15) is 0 Å². The van der Waals surface area contributed by atoms with Crippen molar-refractivity contribution in [3.63, 3.8) is 0 Å². The topological polar surface area (TPSA) is 43.6 Å². The maximum absolute atomic E-state index is 5.36. The van der Waals surface area contributed by atoms with E-state index in [1.165, 1.54) is 49.3 Å². The fraction of sp³-hybridized carbons (Fsp3) is 0.132. The van der Waals surface area contributed by atoms with E-state index in [-0.39, 0.29) is 5.41 Å². The van der Waals surface area contributed by atoms with Crippen LogP contribution >= 0.6 is 0 Å². The SMILES string of the molecule is C/C=C\C(=C/C)c1nc(-n2c3ccccc3c3c4ccccc4c4c(c32)C(C)(C)c2cnccc2-4)nc2ccccc12. The molecule has 4 nitrogen and oxygen atoms in total. The van der Waals surface area contributed by atoms with Crippen LogP contribution in [0.5, 0.6) is 0 Å². The number of hydrogen-bond acceptors (Lipinski definition) is 3. The number of pyridine rings is 1. The molecule has 0 saturated carbocycles. The van der Waals surface area contributed by atoms with Crippen molar-refractivity contribution in [3.8, 4) is 17.1 Å². The summed E-state index contributed by atoms with van der Waals surface area (Å²) in [5.74, 6) is 0.682. The highest BCUT2D eigenvalue weighted by atomic mass is 15.2. The minimum atomic E-state index is -0.271. The third kappa shape index (κ3) is 3.21. The van der Waals surface area contributed by atoms with Crippen LogP contribution in [0.25, 0.3) is 66.1 Å². The van der Waals surface area contributed by atoms with Crippen molar-refractivity contribution in [2.75, 3.05) is 0 Å². The number of rotatable bonds is 3. The van der Waals surface area contributed by atoms with Crippen LogP contribution in [-0.2, 0) is 5.41 Å². The molecule has 3 aromatic heterocycles. The number of nitrogens with zero attached hydrogens (tertiary/aromatic N) is 4. The van der Waals surface area contributed by atoms with Crippen LogP contribution in [0, 0.1) is 0 Å².